The minimum Gasteiger partial charge on any atom is -0.462 e. The van der Waals surface area contributed by atoms with Crippen molar-refractivity contribution in [3.8, 4) is 0 Å². The molecule has 0 bridgehead atoms. The molecule has 2 heterocycles. The van der Waals surface area contributed by atoms with Crippen LogP contribution in [0.4, 0.5) is 10.6 Å². The maximum Gasteiger partial charge on any atom is 0.410 e. The highest BCUT2D eigenvalue weighted by Gasteiger charge is 2.30. The van der Waals surface area contributed by atoms with Gasteiger partial charge >= 0.3 is 12.1 Å². The van der Waals surface area contributed by atoms with Crippen LogP contribution in [-0.2, 0) is 9.47 Å². The number of carbonyl (C=O) groups is 2. The van der Waals surface area contributed by atoms with Gasteiger partial charge in [0.05, 0.1) is 6.61 Å². The van der Waals surface area contributed by atoms with E-state index in [1.165, 1.54) is 6.20 Å². The average molecular weight is 399 g/mol. The molecular weight excluding hydrogens is 372 g/mol. The number of rotatable bonds is 4. The molecule has 1 aliphatic rings. The number of amides is 1. The second-order valence-corrected chi connectivity index (χ2v) is 7.74. The first kappa shape index (κ1) is 21.2. The van der Waals surface area contributed by atoms with E-state index in [1.54, 1.807) is 11.8 Å². The highest BCUT2D eigenvalue weighted by atomic mass is 35.5. The van der Waals surface area contributed by atoms with Gasteiger partial charge in [-0.15, -0.1) is 0 Å². The Balaban J connectivity index is 2.07. The lowest BCUT2D eigenvalue weighted by Crippen LogP contribution is -2.47. The second kappa shape index (κ2) is 8.73. The van der Waals surface area contributed by atoms with Gasteiger partial charge in [-0.3, -0.25) is 0 Å². The van der Waals surface area contributed by atoms with Crippen molar-refractivity contribution in [1.82, 2.24) is 14.9 Å². The molecule has 1 amide bonds. The molecule has 27 heavy (non-hydrogen) atoms. The van der Waals surface area contributed by atoms with E-state index in [9.17, 15) is 9.59 Å². The van der Waals surface area contributed by atoms with Crippen molar-refractivity contribution in [2.45, 2.75) is 52.2 Å². The van der Waals surface area contributed by atoms with E-state index in [0.29, 0.717) is 18.9 Å². The first-order valence-electron chi connectivity index (χ1n) is 9.02. The third-order valence-corrected chi connectivity index (χ3v) is 4.41. The van der Waals surface area contributed by atoms with Gasteiger partial charge in [-0.25, -0.2) is 14.6 Å². The molecule has 150 valence electrons. The van der Waals surface area contributed by atoms with Crippen molar-refractivity contribution in [1.29, 1.82) is 0 Å². The van der Waals surface area contributed by atoms with Gasteiger partial charge in [-0.05, 0) is 52.1 Å². The zero-order chi connectivity index (χ0) is 20.2. The average Bonchev–Trinajstić information content (AvgIpc) is 2.60. The van der Waals surface area contributed by atoms with E-state index in [-0.39, 0.29) is 29.6 Å². The summed E-state index contributed by atoms with van der Waals surface area (Å²) in [5.41, 5.74) is -0.241. The number of hydrogen-bond donors (Lipinski definition) is 0. The topological polar surface area (TPSA) is 84.9 Å². The van der Waals surface area contributed by atoms with Gasteiger partial charge in [-0.1, -0.05) is 0 Å². The zero-order valence-electron chi connectivity index (χ0n) is 16.5. The van der Waals surface area contributed by atoms with Gasteiger partial charge < -0.3 is 19.3 Å². The molecule has 1 aromatic rings. The first-order chi connectivity index (χ1) is 12.6. The van der Waals surface area contributed by atoms with Gasteiger partial charge in [0.25, 0.3) is 0 Å². The summed E-state index contributed by atoms with van der Waals surface area (Å²) in [6.07, 6.45) is 2.52. The predicted octanol–water partition coefficient (Wildman–Crippen LogP) is 3.14. The van der Waals surface area contributed by atoms with Crippen molar-refractivity contribution >= 4 is 29.5 Å². The van der Waals surface area contributed by atoms with Crippen LogP contribution in [-0.4, -0.2) is 65.3 Å². The monoisotopic (exact) mass is 398 g/mol. The van der Waals surface area contributed by atoms with E-state index >= 15 is 0 Å². The fraction of sp³-hybridized carbons (Fsp3) is 0.667. The molecule has 0 radical (unpaired) electrons. The highest BCUT2D eigenvalue weighted by molar-refractivity contribution is 6.28. The van der Waals surface area contributed by atoms with Crippen LogP contribution in [0.1, 0.15) is 50.9 Å². The quantitative estimate of drug-likeness (QED) is 0.568. The predicted molar refractivity (Wildman–Crippen MR) is 102 cm³/mol. The summed E-state index contributed by atoms with van der Waals surface area (Å²) in [7, 11) is 1.86. The van der Waals surface area contributed by atoms with Crippen molar-refractivity contribution < 1.29 is 19.1 Å². The number of aromatic nitrogens is 2. The van der Waals surface area contributed by atoms with Crippen LogP contribution in [0.5, 0.6) is 0 Å². The van der Waals surface area contributed by atoms with E-state index in [0.717, 1.165) is 12.8 Å². The highest BCUT2D eigenvalue weighted by Crippen LogP contribution is 2.26. The Morgan fingerprint density at radius 2 is 1.96 bits per heavy atom. The Morgan fingerprint density at radius 1 is 1.33 bits per heavy atom. The molecule has 1 aliphatic heterocycles. The fourth-order valence-electron chi connectivity index (χ4n) is 2.91. The molecule has 2 rings (SSSR count). The Labute approximate surface area is 164 Å². The van der Waals surface area contributed by atoms with Crippen molar-refractivity contribution in [2.24, 2.45) is 0 Å². The van der Waals surface area contributed by atoms with E-state index in [1.807, 2.05) is 32.7 Å². The standard InChI is InChI=1S/C18H27ClN4O4/c1-6-26-15(24)13-11-20-16(19)21-14(13)22(5)12-7-9-23(10-8-12)17(25)27-18(2,3)4/h11-12H,6-10H2,1-5H3. The summed E-state index contributed by atoms with van der Waals surface area (Å²) < 4.78 is 10.5. The van der Waals surface area contributed by atoms with Crippen LogP contribution >= 0.6 is 11.6 Å². The fourth-order valence-corrected chi connectivity index (χ4v) is 3.04. The number of ether oxygens (including phenoxy) is 2. The van der Waals surface area contributed by atoms with Gasteiger partial charge in [0.1, 0.15) is 17.0 Å². The molecule has 1 saturated heterocycles. The molecule has 0 atom stereocenters. The number of nitrogens with zero attached hydrogens (tertiary/aromatic N) is 4. The van der Waals surface area contributed by atoms with Gasteiger partial charge in [-0.2, -0.15) is 4.98 Å². The largest absolute Gasteiger partial charge is 0.462 e. The maximum absolute atomic E-state index is 12.2. The molecule has 0 aromatic carbocycles. The summed E-state index contributed by atoms with van der Waals surface area (Å²) >= 11 is 5.94. The molecule has 1 fully saturated rings. The molecule has 9 heteroatoms. The van der Waals surface area contributed by atoms with Crippen LogP contribution < -0.4 is 4.90 Å². The maximum atomic E-state index is 12.2. The Morgan fingerprint density at radius 3 is 2.52 bits per heavy atom. The number of hydrogen-bond acceptors (Lipinski definition) is 7. The SMILES string of the molecule is CCOC(=O)c1cnc(Cl)nc1N(C)C1CCN(C(=O)OC(C)(C)C)CC1. The number of likely N-dealkylation sites (tertiary alicyclic amines) is 1. The van der Waals surface area contributed by atoms with E-state index in [2.05, 4.69) is 9.97 Å². The number of esters is 1. The molecule has 0 aliphatic carbocycles. The number of halogens is 1. The molecular formula is C18H27ClN4O4. The van der Waals surface area contributed by atoms with Crippen molar-refractivity contribution in [3.63, 3.8) is 0 Å². The molecule has 0 unspecified atom stereocenters. The molecule has 0 saturated carbocycles. The number of carbonyl (C=O) groups excluding carboxylic acids is 2. The van der Waals surface area contributed by atoms with Crippen LogP contribution in [0.2, 0.25) is 5.28 Å². The number of anilines is 1. The van der Waals surface area contributed by atoms with Crippen LogP contribution in [0, 0.1) is 0 Å². The van der Waals surface area contributed by atoms with Crippen LogP contribution in [0.25, 0.3) is 0 Å². The van der Waals surface area contributed by atoms with Crippen LogP contribution in [0.3, 0.4) is 0 Å². The minimum absolute atomic E-state index is 0.0658. The lowest BCUT2D eigenvalue weighted by atomic mass is 10.0. The normalized spacial score (nSPS) is 15.4. The van der Waals surface area contributed by atoms with Crippen LogP contribution in [0.15, 0.2) is 6.20 Å². The summed E-state index contributed by atoms with van der Waals surface area (Å²) in [4.78, 5) is 36.1. The summed E-state index contributed by atoms with van der Waals surface area (Å²) in [6, 6.07) is 0.0998. The lowest BCUT2D eigenvalue weighted by Gasteiger charge is -2.38. The summed E-state index contributed by atoms with van der Waals surface area (Å²) in [6.45, 7) is 8.68. The summed E-state index contributed by atoms with van der Waals surface area (Å²) in [5, 5.41) is 0.0658. The van der Waals surface area contributed by atoms with E-state index in [4.69, 9.17) is 21.1 Å². The molecule has 8 nitrogen and oxygen atoms in total. The second-order valence-electron chi connectivity index (χ2n) is 7.41. The first-order valence-corrected chi connectivity index (χ1v) is 9.40. The molecule has 0 spiro atoms. The minimum atomic E-state index is -0.517. The Bertz CT molecular complexity index is 684. The van der Waals surface area contributed by atoms with Gasteiger partial charge in [0, 0.05) is 32.4 Å². The smallest absolute Gasteiger partial charge is 0.410 e. The van der Waals surface area contributed by atoms with Crippen molar-refractivity contribution in [3.05, 3.63) is 17.0 Å². The molecule has 1 aromatic heterocycles. The zero-order valence-corrected chi connectivity index (χ0v) is 17.2. The van der Waals surface area contributed by atoms with E-state index < -0.39 is 11.6 Å². The summed E-state index contributed by atoms with van der Waals surface area (Å²) in [5.74, 6) is -0.0497. The lowest BCUT2D eigenvalue weighted by molar-refractivity contribution is 0.0205. The van der Waals surface area contributed by atoms with Gasteiger partial charge in [0.2, 0.25) is 5.28 Å². The third-order valence-electron chi connectivity index (χ3n) is 4.23. The Kier molecular flexibility index (Phi) is 6.86. The Hall–Kier alpha value is -2.09. The number of piperidine rings is 1. The van der Waals surface area contributed by atoms with Gasteiger partial charge in [0.15, 0.2) is 0 Å². The van der Waals surface area contributed by atoms with Crippen molar-refractivity contribution in [2.75, 3.05) is 31.6 Å². The molecule has 0 N–H and O–H groups in total. The third kappa shape index (κ3) is 5.69.